The summed E-state index contributed by atoms with van der Waals surface area (Å²) in [7, 11) is 0. The molecule has 0 saturated carbocycles. The van der Waals surface area contributed by atoms with Gasteiger partial charge in [-0.3, -0.25) is 0 Å². The first-order chi connectivity index (χ1) is 3.27. The van der Waals surface area contributed by atoms with Crippen LogP contribution in [0.3, 0.4) is 0 Å². The van der Waals surface area contributed by atoms with Crippen LogP contribution in [0.25, 0.3) is 0 Å². The van der Waals surface area contributed by atoms with Gasteiger partial charge in [-0.1, -0.05) is 19.6 Å². The average Bonchev–Trinajstić information content (AvgIpc) is 1.61. The maximum atomic E-state index is 5.12. The molecule has 0 fully saturated rings. The van der Waals surface area contributed by atoms with Crippen LogP contribution < -0.4 is 0 Å². The molecule has 0 aliphatic rings. The van der Waals surface area contributed by atoms with Gasteiger partial charge in [0.25, 0.3) is 0 Å². The van der Waals surface area contributed by atoms with E-state index in [9.17, 15) is 0 Å². The van der Waals surface area contributed by atoms with Gasteiger partial charge in [0.2, 0.25) is 0 Å². The molecule has 0 saturated heterocycles. The van der Waals surface area contributed by atoms with Gasteiger partial charge in [0.15, 0.2) is 0 Å². The molecule has 41 valence electrons. The molecule has 0 bridgehead atoms. The Morgan fingerprint density at radius 2 is 2.43 bits per heavy atom. The van der Waals surface area contributed by atoms with Gasteiger partial charge in [-0.05, 0) is 18.1 Å². The summed E-state index contributed by atoms with van der Waals surface area (Å²) in [4.78, 5) is 0. The predicted molar refractivity (Wildman–Crippen MR) is 36.6 cm³/mol. The van der Waals surface area contributed by atoms with Gasteiger partial charge in [-0.2, -0.15) is 12.6 Å². The standard InChI is InChI=1S/C6H11S/c1-3-4-5-6(2)7/h1,3,6-7H,4-5H2,2H3. The lowest BCUT2D eigenvalue weighted by molar-refractivity contribution is 0.838. The van der Waals surface area contributed by atoms with Crippen molar-refractivity contribution in [1.29, 1.82) is 0 Å². The second-order valence-electron chi connectivity index (χ2n) is 1.66. The molecule has 0 amide bonds. The summed E-state index contributed by atoms with van der Waals surface area (Å²) in [6, 6.07) is 0. The Morgan fingerprint density at radius 3 is 2.57 bits per heavy atom. The zero-order valence-electron chi connectivity index (χ0n) is 4.59. The summed E-state index contributed by atoms with van der Waals surface area (Å²) in [6.45, 7) is 7.18. The Hall–Kier alpha value is 0.0900. The smallest absolute Gasteiger partial charge is 0.000864 e. The molecule has 0 aliphatic heterocycles. The van der Waals surface area contributed by atoms with E-state index in [2.05, 4.69) is 19.6 Å². The fraction of sp³-hybridized carbons (Fsp3) is 0.667. The molecule has 0 aromatic rings. The summed E-state index contributed by atoms with van der Waals surface area (Å²) in [5, 5.41) is 0.486. The van der Waals surface area contributed by atoms with E-state index < -0.39 is 0 Å². The van der Waals surface area contributed by atoms with Crippen molar-refractivity contribution >= 4 is 12.6 Å². The minimum absolute atomic E-state index is 0.486. The van der Waals surface area contributed by atoms with Gasteiger partial charge in [-0.15, -0.1) is 0 Å². The first kappa shape index (κ1) is 7.09. The van der Waals surface area contributed by atoms with Crippen molar-refractivity contribution in [2.24, 2.45) is 0 Å². The molecule has 1 atom stereocenters. The summed E-state index contributed by atoms with van der Waals surface area (Å²) in [6.07, 6.45) is 3.73. The van der Waals surface area contributed by atoms with E-state index in [0.717, 1.165) is 12.8 Å². The third kappa shape index (κ3) is 6.09. The van der Waals surface area contributed by atoms with Crippen LogP contribution in [0.2, 0.25) is 0 Å². The third-order valence-corrected chi connectivity index (χ3v) is 1.01. The van der Waals surface area contributed by atoms with Crippen molar-refractivity contribution in [3.05, 3.63) is 12.7 Å². The topological polar surface area (TPSA) is 0 Å². The van der Waals surface area contributed by atoms with E-state index >= 15 is 0 Å². The molecule has 0 nitrogen and oxygen atoms in total. The SMILES string of the molecule is [CH]=CCCC(C)S. The van der Waals surface area contributed by atoms with E-state index in [0.29, 0.717) is 5.25 Å². The van der Waals surface area contributed by atoms with Gasteiger partial charge in [0, 0.05) is 0 Å². The molecule has 1 heteroatoms. The highest BCUT2D eigenvalue weighted by atomic mass is 32.1. The number of thiol groups is 1. The van der Waals surface area contributed by atoms with Crippen LogP contribution in [0.15, 0.2) is 6.08 Å². The van der Waals surface area contributed by atoms with Crippen molar-refractivity contribution < 1.29 is 0 Å². The Labute approximate surface area is 51.0 Å². The maximum Gasteiger partial charge on any atom is -0.000864 e. The number of allylic oxidation sites excluding steroid dienone is 1. The Kier molecular flexibility index (Phi) is 4.31. The van der Waals surface area contributed by atoms with E-state index in [-0.39, 0.29) is 0 Å². The van der Waals surface area contributed by atoms with Gasteiger partial charge in [0.05, 0.1) is 0 Å². The van der Waals surface area contributed by atoms with Gasteiger partial charge >= 0.3 is 0 Å². The fourth-order valence-electron chi connectivity index (χ4n) is 0.337. The Morgan fingerprint density at radius 1 is 1.86 bits per heavy atom. The van der Waals surface area contributed by atoms with E-state index in [1.165, 1.54) is 0 Å². The largest absolute Gasteiger partial charge is 0.176 e. The fourth-order valence-corrected chi connectivity index (χ4v) is 0.486. The van der Waals surface area contributed by atoms with Crippen molar-refractivity contribution in [2.75, 3.05) is 0 Å². The van der Waals surface area contributed by atoms with Crippen molar-refractivity contribution in [3.63, 3.8) is 0 Å². The maximum absolute atomic E-state index is 5.12. The molecular weight excluding hydrogens is 104 g/mol. The minimum Gasteiger partial charge on any atom is -0.176 e. The molecule has 0 aromatic carbocycles. The monoisotopic (exact) mass is 115 g/mol. The quantitative estimate of drug-likeness (QED) is 0.535. The lowest BCUT2D eigenvalue weighted by Crippen LogP contribution is -1.86. The minimum atomic E-state index is 0.486. The zero-order valence-corrected chi connectivity index (χ0v) is 5.49. The van der Waals surface area contributed by atoms with Crippen LogP contribution in [-0.4, -0.2) is 5.25 Å². The second kappa shape index (κ2) is 4.25. The molecule has 0 aliphatic carbocycles. The zero-order chi connectivity index (χ0) is 5.70. The highest BCUT2D eigenvalue weighted by Crippen LogP contribution is 2.01. The Bertz CT molecular complexity index is 48.1. The van der Waals surface area contributed by atoms with E-state index in [4.69, 9.17) is 6.58 Å². The van der Waals surface area contributed by atoms with E-state index in [1.54, 1.807) is 6.08 Å². The average molecular weight is 115 g/mol. The van der Waals surface area contributed by atoms with Gasteiger partial charge < -0.3 is 0 Å². The third-order valence-electron chi connectivity index (χ3n) is 0.751. The number of hydrogen-bond donors (Lipinski definition) is 1. The summed E-state index contributed by atoms with van der Waals surface area (Å²) < 4.78 is 0. The number of hydrogen-bond acceptors (Lipinski definition) is 1. The molecule has 1 unspecified atom stereocenters. The lowest BCUT2D eigenvalue weighted by atomic mass is 10.2. The Balaban J connectivity index is 2.81. The lowest BCUT2D eigenvalue weighted by Gasteiger charge is -1.96. The van der Waals surface area contributed by atoms with Gasteiger partial charge in [-0.25, -0.2) is 0 Å². The van der Waals surface area contributed by atoms with Crippen molar-refractivity contribution in [1.82, 2.24) is 0 Å². The highest BCUT2D eigenvalue weighted by molar-refractivity contribution is 7.80. The molecule has 0 rings (SSSR count). The molecule has 1 radical (unpaired) electrons. The molecule has 0 N–H and O–H groups in total. The molecule has 7 heavy (non-hydrogen) atoms. The number of rotatable bonds is 3. The van der Waals surface area contributed by atoms with Crippen LogP contribution in [0.5, 0.6) is 0 Å². The van der Waals surface area contributed by atoms with E-state index in [1.807, 2.05) is 0 Å². The summed E-state index contributed by atoms with van der Waals surface area (Å²) in [5.41, 5.74) is 0. The van der Waals surface area contributed by atoms with Crippen LogP contribution in [0, 0.1) is 6.58 Å². The normalized spacial score (nSPS) is 13.4. The van der Waals surface area contributed by atoms with Crippen LogP contribution in [0.4, 0.5) is 0 Å². The predicted octanol–water partition coefficient (Wildman–Crippen LogP) is 2.07. The van der Waals surface area contributed by atoms with Gasteiger partial charge in [0.1, 0.15) is 0 Å². The van der Waals surface area contributed by atoms with Crippen molar-refractivity contribution in [3.8, 4) is 0 Å². The molecule has 0 aromatic heterocycles. The van der Waals surface area contributed by atoms with Crippen LogP contribution in [0.1, 0.15) is 19.8 Å². The summed E-state index contributed by atoms with van der Waals surface area (Å²) in [5.74, 6) is 0. The molecule has 0 spiro atoms. The second-order valence-corrected chi connectivity index (χ2v) is 2.54. The summed E-state index contributed by atoms with van der Waals surface area (Å²) >= 11 is 4.16. The first-order valence-electron chi connectivity index (χ1n) is 2.49. The highest BCUT2D eigenvalue weighted by Gasteiger charge is 1.88. The van der Waals surface area contributed by atoms with Crippen LogP contribution >= 0.6 is 12.6 Å². The van der Waals surface area contributed by atoms with Crippen LogP contribution in [-0.2, 0) is 0 Å². The molecule has 0 heterocycles. The molecular formula is C6H11S. The van der Waals surface area contributed by atoms with Crippen molar-refractivity contribution in [2.45, 2.75) is 25.0 Å². The first-order valence-corrected chi connectivity index (χ1v) is 3.00.